The molecule has 1 unspecified atom stereocenters. The highest BCUT2D eigenvalue weighted by molar-refractivity contribution is 7.99. The molecule has 0 heterocycles. The van der Waals surface area contributed by atoms with Gasteiger partial charge >= 0.3 is 0 Å². The number of carbonyl (C=O) groups is 1. The predicted molar refractivity (Wildman–Crippen MR) is 73.2 cm³/mol. The maximum atomic E-state index is 11.7. The van der Waals surface area contributed by atoms with Crippen LogP contribution in [-0.4, -0.2) is 35.2 Å². The summed E-state index contributed by atoms with van der Waals surface area (Å²) >= 11 is 1.76. The second kappa shape index (κ2) is 8.81. The second-order valence-electron chi connectivity index (χ2n) is 5.02. The molecule has 0 aromatic carbocycles. The van der Waals surface area contributed by atoms with Crippen LogP contribution in [0.3, 0.4) is 0 Å². The summed E-state index contributed by atoms with van der Waals surface area (Å²) in [6, 6.07) is 0.428. The zero-order valence-corrected chi connectivity index (χ0v) is 11.6. The van der Waals surface area contributed by atoms with Crippen molar-refractivity contribution in [3.05, 3.63) is 0 Å². The summed E-state index contributed by atoms with van der Waals surface area (Å²) < 4.78 is 0. The van der Waals surface area contributed by atoms with Gasteiger partial charge in [-0.1, -0.05) is 26.2 Å². The van der Waals surface area contributed by atoms with Gasteiger partial charge in [-0.2, -0.15) is 11.8 Å². The lowest BCUT2D eigenvalue weighted by Gasteiger charge is -2.22. The van der Waals surface area contributed by atoms with E-state index >= 15 is 0 Å². The first-order valence-electron chi connectivity index (χ1n) is 6.70. The van der Waals surface area contributed by atoms with E-state index in [2.05, 4.69) is 5.32 Å². The zero-order chi connectivity index (χ0) is 12.5. The molecular formula is C13H25NO2S. The molecule has 0 spiro atoms. The Bertz CT molecular complexity index is 217. The summed E-state index contributed by atoms with van der Waals surface area (Å²) in [4.78, 5) is 11.7. The van der Waals surface area contributed by atoms with Crippen LogP contribution in [0.1, 0.15) is 45.4 Å². The molecule has 100 valence electrons. The van der Waals surface area contributed by atoms with Crippen molar-refractivity contribution in [2.45, 2.75) is 51.5 Å². The van der Waals surface area contributed by atoms with E-state index in [0.29, 0.717) is 18.4 Å². The molecule has 0 aromatic rings. The number of hydrogen-bond acceptors (Lipinski definition) is 3. The maximum absolute atomic E-state index is 11.7. The molecule has 2 N–H and O–H groups in total. The van der Waals surface area contributed by atoms with Crippen molar-refractivity contribution in [3.8, 4) is 0 Å². The summed E-state index contributed by atoms with van der Waals surface area (Å²) in [6.07, 6.45) is 6.75. The average Bonchev–Trinajstić information content (AvgIpc) is 2.35. The largest absolute Gasteiger partial charge is 0.396 e. The standard InChI is InChI=1S/C13H25NO2S/c1-11(9-15)10-17-8-7-13(16)14-12-5-3-2-4-6-12/h11-12,15H,2-10H2,1H3,(H,14,16). The van der Waals surface area contributed by atoms with Crippen LogP contribution in [0.5, 0.6) is 0 Å². The number of thioether (sulfide) groups is 1. The number of aliphatic hydroxyl groups is 1. The van der Waals surface area contributed by atoms with Crippen LogP contribution in [0.15, 0.2) is 0 Å². The Hall–Kier alpha value is -0.220. The Balaban J connectivity index is 2.00. The molecule has 1 amide bonds. The van der Waals surface area contributed by atoms with Crippen molar-refractivity contribution in [2.75, 3.05) is 18.1 Å². The topological polar surface area (TPSA) is 49.3 Å². The lowest BCUT2D eigenvalue weighted by atomic mass is 9.95. The van der Waals surface area contributed by atoms with Gasteiger partial charge < -0.3 is 10.4 Å². The monoisotopic (exact) mass is 259 g/mol. The van der Waals surface area contributed by atoms with Crippen LogP contribution < -0.4 is 5.32 Å². The van der Waals surface area contributed by atoms with Crippen LogP contribution in [0.4, 0.5) is 0 Å². The van der Waals surface area contributed by atoms with Crippen molar-refractivity contribution in [1.29, 1.82) is 0 Å². The van der Waals surface area contributed by atoms with E-state index in [-0.39, 0.29) is 12.5 Å². The third-order valence-corrected chi connectivity index (χ3v) is 4.46. The fourth-order valence-electron chi connectivity index (χ4n) is 2.05. The molecule has 17 heavy (non-hydrogen) atoms. The van der Waals surface area contributed by atoms with Gasteiger partial charge in [-0.25, -0.2) is 0 Å². The molecule has 0 aliphatic heterocycles. The van der Waals surface area contributed by atoms with Gasteiger partial charge in [0, 0.05) is 24.8 Å². The summed E-state index contributed by atoms with van der Waals surface area (Å²) in [7, 11) is 0. The van der Waals surface area contributed by atoms with Gasteiger partial charge in [-0.05, 0) is 24.5 Å². The van der Waals surface area contributed by atoms with Crippen LogP contribution in [-0.2, 0) is 4.79 Å². The SMILES string of the molecule is CC(CO)CSCCC(=O)NC1CCCCC1. The minimum atomic E-state index is 0.195. The second-order valence-corrected chi connectivity index (χ2v) is 6.16. The lowest BCUT2D eigenvalue weighted by molar-refractivity contribution is -0.121. The van der Waals surface area contributed by atoms with Crippen LogP contribution in [0, 0.1) is 5.92 Å². The molecule has 1 fully saturated rings. The van der Waals surface area contributed by atoms with Crippen molar-refractivity contribution in [2.24, 2.45) is 5.92 Å². The molecule has 3 nitrogen and oxygen atoms in total. The van der Waals surface area contributed by atoms with Crippen molar-refractivity contribution in [1.82, 2.24) is 5.32 Å². The van der Waals surface area contributed by atoms with Gasteiger partial charge in [0.25, 0.3) is 0 Å². The molecule has 0 bridgehead atoms. The minimum absolute atomic E-state index is 0.195. The summed E-state index contributed by atoms with van der Waals surface area (Å²) in [5.74, 6) is 2.33. The number of aliphatic hydroxyl groups excluding tert-OH is 1. The van der Waals surface area contributed by atoms with Gasteiger partial charge in [0.05, 0.1) is 0 Å². The van der Waals surface area contributed by atoms with Gasteiger partial charge in [0.1, 0.15) is 0 Å². The van der Waals surface area contributed by atoms with E-state index < -0.39 is 0 Å². The first-order valence-corrected chi connectivity index (χ1v) is 7.85. The third kappa shape index (κ3) is 6.94. The number of hydrogen-bond donors (Lipinski definition) is 2. The Kier molecular flexibility index (Phi) is 7.69. The highest BCUT2D eigenvalue weighted by Crippen LogP contribution is 2.17. The normalized spacial score (nSPS) is 18.9. The molecule has 1 aliphatic carbocycles. The highest BCUT2D eigenvalue weighted by Gasteiger charge is 2.15. The summed E-state index contributed by atoms with van der Waals surface area (Å²) in [6.45, 7) is 2.26. The third-order valence-electron chi connectivity index (χ3n) is 3.16. The zero-order valence-electron chi connectivity index (χ0n) is 10.8. The van der Waals surface area contributed by atoms with E-state index in [9.17, 15) is 4.79 Å². The highest BCUT2D eigenvalue weighted by atomic mass is 32.2. The van der Waals surface area contributed by atoms with Crippen LogP contribution in [0.2, 0.25) is 0 Å². The van der Waals surface area contributed by atoms with E-state index in [1.165, 1.54) is 19.3 Å². The average molecular weight is 259 g/mol. The molecule has 1 aliphatic rings. The fourth-order valence-corrected chi connectivity index (χ4v) is 3.05. The molecule has 1 saturated carbocycles. The number of carbonyl (C=O) groups excluding carboxylic acids is 1. The molecule has 1 rings (SSSR count). The molecule has 0 aromatic heterocycles. The number of nitrogens with one attached hydrogen (secondary N) is 1. The molecular weight excluding hydrogens is 234 g/mol. The fraction of sp³-hybridized carbons (Fsp3) is 0.923. The van der Waals surface area contributed by atoms with Gasteiger partial charge in [0.2, 0.25) is 5.91 Å². The summed E-state index contributed by atoms with van der Waals surface area (Å²) in [5.41, 5.74) is 0. The van der Waals surface area contributed by atoms with E-state index in [0.717, 1.165) is 24.3 Å². The quantitative estimate of drug-likeness (QED) is 0.689. The predicted octanol–water partition coefficient (Wildman–Crippen LogP) is 2.19. The van der Waals surface area contributed by atoms with Crippen molar-refractivity contribution in [3.63, 3.8) is 0 Å². The van der Waals surface area contributed by atoms with E-state index in [4.69, 9.17) is 5.11 Å². The molecule has 1 atom stereocenters. The maximum Gasteiger partial charge on any atom is 0.221 e. The smallest absolute Gasteiger partial charge is 0.221 e. The minimum Gasteiger partial charge on any atom is -0.396 e. The first-order chi connectivity index (χ1) is 8.22. The molecule has 0 radical (unpaired) electrons. The van der Waals surface area contributed by atoms with E-state index in [1.54, 1.807) is 11.8 Å². The molecule has 0 saturated heterocycles. The van der Waals surface area contributed by atoms with Crippen molar-refractivity contribution < 1.29 is 9.90 Å². The Morgan fingerprint density at radius 2 is 2.12 bits per heavy atom. The number of rotatable bonds is 7. The lowest BCUT2D eigenvalue weighted by Crippen LogP contribution is -2.36. The van der Waals surface area contributed by atoms with Gasteiger partial charge in [0.15, 0.2) is 0 Å². The van der Waals surface area contributed by atoms with Gasteiger partial charge in [-0.3, -0.25) is 4.79 Å². The summed E-state index contributed by atoms with van der Waals surface area (Å²) in [5, 5.41) is 12.0. The Morgan fingerprint density at radius 1 is 1.41 bits per heavy atom. The van der Waals surface area contributed by atoms with Crippen LogP contribution in [0.25, 0.3) is 0 Å². The van der Waals surface area contributed by atoms with E-state index in [1.807, 2.05) is 6.92 Å². The number of amides is 1. The molecule has 4 heteroatoms. The van der Waals surface area contributed by atoms with Crippen molar-refractivity contribution >= 4 is 17.7 Å². The first kappa shape index (κ1) is 14.8. The van der Waals surface area contributed by atoms with Crippen LogP contribution >= 0.6 is 11.8 Å². The van der Waals surface area contributed by atoms with Gasteiger partial charge in [-0.15, -0.1) is 0 Å². The Morgan fingerprint density at radius 3 is 2.76 bits per heavy atom. The Labute approximate surface area is 109 Å².